The van der Waals surface area contributed by atoms with E-state index in [9.17, 15) is 9.90 Å². The van der Waals surface area contributed by atoms with E-state index < -0.39 is 12.2 Å². The van der Waals surface area contributed by atoms with Crippen molar-refractivity contribution in [3.8, 4) is 11.3 Å². The number of carbonyl (C=O) groups is 1. The van der Waals surface area contributed by atoms with Crippen molar-refractivity contribution in [3.05, 3.63) is 28.3 Å². The van der Waals surface area contributed by atoms with E-state index in [0.717, 1.165) is 16.3 Å². The zero-order valence-electron chi connectivity index (χ0n) is 11.3. The molecule has 6 nitrogen and oxygen atoms in total. The summed E-state index contributed by atoms with van der Waals surface area (Å²) < 4.78 is 0. The molecule has 0 spiro atoms. The lowest BCUT2D eigenvalue weighted by Gasteiger charge is -2.20. The first kappa shape index (κ1) is 14.7. The van der Waals surface area contributed by atoms with Gasteiger partial charge in [-0.2, -0.15) is 0 Å². The molecule has 20 heavy (non-hydrogen) atoms. The molecule has 4 N–H and O–H groups in total. The number of aromatic amines is 1. The zero-order chi connectivity index (χ0) is 14.8. The smallest absolute Gasteiger partial charge is 0.267 e. The number of nitrogens with zero attached hydrogens (tertiary/aromatic N) is 1. The van der Waals surface area contributed by atoms with E-state index in [1.54, 1.807) is 23.6 Å². The van der Waals surface area contributed by atoms with Crippen molar-refractivity contribution in [2.45, 2.75) is 19.4 Å². The van der Waals surface area contributed by atoms with Crippen LogP contribution >= 0.6 is 11.3 Å². The second kappa shape index (κ2) is 5.74. The van der Waals surface area contributed by atoms with Gasteiger partial charge in [0.1, 0.15) is 11.3 Å². The Morgan fingerprint density at radius 1 is 1.60 bits per heavy atom. The molecular formula is C13H17N3O3S. The second-order valence-corrected chi connectivity index (χ2v) is 5.95. The molecule has 0 saturated carbocycles. The molecule has 0 aliphatic carbocycles. The summed E-state index contributed by atoms with van der Waals surface area (Å²) in [6.45, 7) is 2.94. The summed E-state index contributed by atoms with van der Waals surface area (Å²) in [5.74, 6) is -0.336. The SMILES string of the molecule is Cc1nc(-c2c[nH]c(C(=O)NCC(C)(O)CO)c2)cs1. The van der Waals surface area contributed by atoms with Crippen LogP contribution < -0.4 is 5.32 Å². The minimum Gasteiger partial charge on any atom is -0.393 e. The van der Waals surface area contributed by atoms with Gasteiger partial charge in [0.05, 0.1) is 17.3 Å². The Bertz CT molecular complexity index is 604. The molecule has 1 amide bonds. The predicted octanol–water partition coefficient (Wildman–Crippen LogP) is 0.920. The minimum absolute atomic E-state index is 0.0213. The Morgan fingerprint density at radius 3 is 2.95 bits per heavy atom. The fraction of sp³-hybridized carbons (Fsp3) is 0.385. The maximum Gasteiger partial charge on any atom is 0.267 e. The van der Waals surface area contributed by atoms with Gasteiger partial charge in [-0.15, -0.1) is 11.3 Å². The number of nitrogens with one attached hydrogen (secondary N) is 2. The van der Waals surface area contributed by atoms with E-state index in [0.29, 0.717) is 5.69 Å². The van der Waals surface area contributed by atoms with E-state index >= 15 is 0 Å². The largest absolute Gasteiger partial charge is 0.393 e. The summed E-state index contributed by atoms with van der Waals surface area (Å²) in [7, 11) is 0. The molecule has 2 aromatic rings. The molecule has 0 saturated heterocycles. The van der Waals surface area contributed by atoms with Crippen molar-refractivity contribution in [1.82, 2.24) is 15.3 Å². The van der Waals surface area contributed by atoms with Crippen LogP contribution in [0.15, 0.2) is 17.6 Å². The van der Waals surface area contributed by atoms with E-state index in [1.165, 1.54) is 6.92 Å². The van der Waals surface area contributed by atoms with Gasteiger partial charge in [0.15, 0.2) is 0 Å². The highest BCUT2D eigenvalue weighted by Gasteiger charge is 2.20. The zero-order valence-corrected chi connectivity index (χ0v) is 12.1. The van der Waals surface area contributed by atoms with Crippen LogP contribution in [0.3, 0.4) is 0 Å². The molecule has 0 aromatic carbocycles. The Kier molecular flexibility index (Phi) is 4.22. The molecule has 0 aliphatic heterocycles. The highest BCUT2D eigenvalue weighted by atomic mass is 32.1. The number of H-pyrrole nitrogens is 1. The first-order chi connectivity index (χ1) is 9.41. The van der Waals surface area contributed by atoms with Crippen LogP contribution in [0.4, 0.5) is 0 Å². The molecule has 0 aliphatic rings. The maximum atomic E-state index is 11.9. The first-order valence-electron chi connectivity index (χ1n) is 6.14. The van der Waals surface area contributed by atoms with Gasteiger partial charge in [-0.1, -0.05) is 0 Å². The van der Waals surface area contributed by atoms with Gasteiger partial charge in [-0.25, -0.2) is 4.98 Å². The number of carbonyl (C=O) groups excluding carboxylic acids is 1. The number of amides is 1. The van der Waals surface area contributed by atoms with Gasteiger partial charge >= 0.3 is 0 Å². The highest BCUT2D eigenvalue weighted by Crippen LogP contribution is 2.22. The Morgan fingerprint density at radius 2 is 2.35 bits per heavy atom. The van der Waals surface area contributed by atoms with Crippen molar-refractivity contribution in [1.29, 1.82) is 0 Å². The molecule has 7 heteroatoms. The number of aliphatic hydroxyl groups excluding tert-OH is 1. The maximum absolute atomic E-state index is 11.9. The molecule has 1 unspecified atom stereocenters. The van der Waals surface area contributed by atoms with Gasteiger partial charge in [-0.3, -0.25) is 4.79 Å². The number of hydrogen-bond acceptors (Lipinski definition) is 5. The summed E-state index contributed by atoms with van der Waals surface area (Å²) in [6, 6.07) is 1.71. The third-order valence-electron chi connectivity index (χ3n) is 2.81. The van der Waals surface area contributed by atoms with E-state index in [1.807, 2.05) is 12.3 Å². The molecule has 1 atom stereocenters. The lowest BCUT2D eigenvalue weighted by Crippen LogP contribution is -2.43. The predicted molar refractivity (Wildman–Crippen MR) is 76.7 cm³/mol. The number of rotatable bonds is 5. The molecule has 2 rings (SSSR count). The summed E-state index contributed by atoms with van der Waals surface area (Å²) >= 11 is 1.55. The van der Waals surface area contributed by atoms with Gasteiger partial charge in [-0.05, 0) is 19.9 Å². The molecule has 0 bridgehead atoms. The van der Waals surface area contributed by atoms with Gasteiger partial charge in [0.25, 0.3) is 5.91 Å². The van der Waals surface area contributed by atoms with Crippen LogP contribution in [0.2, 0.25) is 0 Å². The monoisotopic (exact) mass is 295 g/mol. The third kappa shape index (κ3) is 3.44. The summed E-state index contributed by atoms with van der Waals surface area (Å²) in [6.07, 6.45) is 1.72. The number of aryl methyl sites for hydroxylation is 1. The normalized spacial score (nSPS) is 14.0. The van der Waals surface area contributed by atoms with Crippen molar-refractivity contribution in [3.63, 3.8) is 0 Å². The number of aliphatic hydroxyl groups is 2. The molecular weight excluding hydrogens is 278 g/mol. The average molecular weight is 295 g/mol. The fourth-order valence-corrected chi connectivity index (χ4v) is 2.21. The van der Waals surface area contributed by atoms with Crippen LogP contribution in [0.25, 0.3) is 11.3 Å². The third-order valence-corrected chi connectivity index (χ3v) is 3.59. The van der Waals surface area contributed by atoms with E-state index in [4.69, 9.17) is 5.11 Å². The highest BCUT2D eigenvalue weighted by molar-refractivity contribution is 7.09. The van der Waals surface area contributed by atoms with Crippen LogP contribution in [-0.4, -0.2) is 44.8 Å². The van der Waals surface area contributed by atoms with Gasteiger partial charge in [0, 0.05) is 23.7 Å². The first-order valence-corrected chi connectivity index (χ1v) is 7.01. The quantitative estimate of drug-likeness (QED) is 0.659. The van der Waals surface area contributed by atoms with Crippen LogP contribution in [0, 0.1) is 6.92 Å². The summed E-state index contributed by atoms with van der Waals surface area (Å²) in [5, 5.41) is 24.0. The van der Waals surface area contributed by atoms with Gasteiger partial charge in [0.2, 0.25) is 0 Å². The molecule has 108 valence electrons. The van der Waals surface area contributed by atoms with E-state index in [-0.39, 0.29) is 12.5 Å². The van der Waals surface area contributed by atoms with Crippen molar-refractivity contribution in [2.24, 2.45) is 0 Å². The number of hydrogen-bond donors (Lipinski definition) is 4. The number of aromatic nitrogens is 2. The summed E-state index contributed by atoms with van der Waals surface area (Å²) in [5.41, 5.74) is 0.731. The van der Waals surface area contributed by atoms with Crippen LogP contribution in [0.1, 0.15) is 22.4 Å². The Hall–Kier alpha value is -1.70. The van der Waals surface area contributed by atoms with Crippen LogP contribution in [-0.2, 0) is 0 Å². The number of thiazole rings is 1. The van der Waals surface area contributed by atoms with Crippen LogP contribution in [0.5, 0.6) is 0 Å². The topological polar surface area (TPSA) is 98.2 Å². The molecule has 0 fully saturated rings. The lowest BCUT2D eigenvalue weighted by molar-refractivity contribution is 0.00316. The summed E-state index contributed by atoms with van der Waals surface area (Å²) in [4.78, 5) is 19.1. The van der Waals surface area contributed by atoms with Crippen molar-refractivity contribution < 1.29 is 15.0 Å². The standard InChI is InChI=1S/C13H17N3O3S/c1-8-16-11(5-20-8)9-3-10(14-4-9)12(18)15-6-13(2,19)7-17/h3-5,14,17,19H,6-7H2,1-2H3,(H,15,18). The van der Waals surface area contributed by atoms with E-state index in [2.05, 4.69) is 15.3 Å². The van der Waals surface area contributed by atoms with Gasteiger partial charge < -0.3 is 20.5 Å². The van der Waals surface area contributed by atoms with Crippen molar-refractivity contribution >= 4 is 17.2 Å². The second-order valence-electron chi connectivity index (χ2n) is 4.89. The molecule has 2 aromatic heterocycles. The lowest BCUT2D eigenvalue weighted by atomic mass is 10.1. The molecule has 2 heterocycles. The minimum atomic E-state index is -1.32. The Labute approximate surface area is 120 Å². The fourth-order valence-electron chi connectivity index (χ4n) is 1.59. The van der Waals surface area contributed by atoms with Crippen molar-refractivity contribution in [2.75, 3.05) is 13.2 Å². The molecule has 0 radical (unpaired) electrons. The Balaban J connectivity index is 2.03. The average Bonchev–Trinajstić information content (AvgIpc) is 3.04.